The Morgan fingerprint density at radius 2 is 1.56 bits per heavy atom. The molecule has 7 heteroatoms. The maximum absolute atomic E-state index is 14.7. The van der Waals surface area contributed by atoms with Crippen molar-refractivity contribution in [1.29, 1.82) is 0 Å². The zero-order valence-corrected chi connectivity index (χ0v) is 27.5. The first-order chi connectivity index (χ1) is 19.9. The normalized spacial score (nSPS) is 52.2. The summed E-state index contributed by atoms with van der Waals surface area (Å²) in [6.07, 6.45) is 4.26. The first kappa shape index (κ1) is 31.8. The van der Waals surface area contributed by atoms with E-state index in [2.05, 4.69) is 54.5 Å². The van der Waals surface area contributed by atoms with E-state index in [1.54, 1.807) is 0 Å². The number of aliphatic hydroxyl groups excluding tert-OH is 4. The molecule has 0 bridgehead atoms. The molecule has 0 radical (unpaired) electrons. The molecule has 6 aliphatic rings. The molecule has 12 atom stereocenters. The Morgan fingerprint density at radius 1 is 0.884 bits per heavy atom. The fraction of sp³-hybridized carbons (Fsp3) is 0.889. The molecule has 0 aromatic carbocycles. The van der Waals surface area contributed by atoms with Crippen LogP contribution in [0.1, 0.15) is 113 Å². The summed E-state index contributed by atoms with van der Waals surface area (Å²) >= 11 is 0. The molecule has 242 valence electrons. The molecule has 0 amide bonds. The van der Waals surface area contributed by atoms with Gasteiger partial charge in [0.15, 0.2) is 5.78 Å². The number of carbonyl (C=O) groups excluding carboxylic acids is 2. The Labute approximate surface area is 257 Å². The molecule has 5 aliphatic carbocycles. The molecule has 6 rings (SSSR count). The largest absolute Gasteiger partial charge is 0.394 e. The van der Waals surface area contributed by atoms with Gasteiger partial charge in [-0.2, -0.15) is 0 Å². The fourth-order valence-corrected chi connectivity index (χ4v) is 12.1. The van der Waals surface area contributed by atoms with Crippen LogP contribution in [0.5, 0.6) is 0 Å². The van der Waals surface area contributed by atoms with E-state index in [4.69, 9.17) is 4.74 Å². The van der Waals surface area contributed by atoms with E-state index in [0.717, 1.165) is 44.9 Å². The van der Waals surface area contributed by atoms with Gasteiger partial charge in [0.1, 0.15) is 36.3 Å². The van der Waals surface area contributed by atoms with Gasteiger partial charge in [-0.25, -0.2) is 0 Å². The standard InChI is InChI=1S/C36H56O7/c1-31(2)14-16-36(30(42)29-28(41)27(40)26(39)22(19-37)43-29)17-15-34(6)20(21(36)18-31)8-9-24-33(5)12-11-25(38)32(3,4)23(33)10-13-35(24,34)7/h8,21-24,26-29,37,39-41H,9-19H2,1-7H3/t21?,22?,23?,24?,26-,27+,28?,29-,33+,34-,35-,36+/m1/s1. The van der Waals surface area contributed by atoms with E-state index in [1.807, 2.05) is 0 Å². The summed E-state index contributed by atoms with van der Waals surface area (Å²) in [5.41, 5.74) is 0.465. The van der Waals surface area contributed by atoms with E-state index >= 15 is 0 Å². The predicted molar refractivity (Wildman–Crippen MR) is 163 cm³/mol. The van der Waals surface area contributed by atoms with Crippen LogP contribution in [0.25, 0.3) is 0 Å². The number of ether oxygens (including phenoxy) is 1. The maximum Gasteiger partial charge on any atom is 0.171 e. The van der Waals surface area contributed by atoms with Gasteiger partial charge in [-0.3, -0.25) is 9.59 Å². The number of ketones is 2. The molecule has 1 saturated heterocycles. The Bertz CT molecular complexity index is 1200. The Kier molecular flexibility index (Phi) is 7.36. The molecule has 5 unspecified atom stereocenters. The SMILES string of the molecule is CC1(C)CC[C@]2(C(=O)[C@@H]3OC(CO)[C@@H](O)[C@H](O)C3O)CC[C@]3(C)C(=CCC4[C@@]5(C)CCC(=O)C(C)(C)C5CC[C@]43C)C2C1. The summed E-state index contributed by atoms with van der Waals surface area (Å²) in [5.74, 6) is 1.08. The molecule has 1 aliphatic heterocycles. The summed E-state index contributed by atoms with van der Waals surface area (Å²) in [7, 11) is 0. The van der Waals surface area contributed by atoms with Crippen LogP contribution in [-0.2, 0) is 14.3 Å². The summed E-state index contributed by atoms with van der Waals surface area (Å²) in [5, 5.41) is 41.8. The Balaban J connectivity index is 1.41. The van der Waals surface area contributed by atoms with E-state index in [9.17, 15) is 30.0 Å². The summed E-state index contributed by atoms with van der Waals surface area (Å²) in [6.45, 7) is 15.8. The zero-order chi connectivity index (χ0) is 31.5. The first-order valence-electron chi connectivity index (χ1n) is 17.0. The van der Waals surface area contributed by atoms with Gasteiger partial charge in [0.05, 0.1) is 6.61 Å². The second-order valence-electron chi connectivity index (χ2n) is 17.6. The summed E-state index contributed by atoms with van der Waals surface area (Å²) < 4.78 is 5.90. The molecular formula is C36H56O7. The van der Waals surface area contributed by atoms with Crippen molar-refractivity contribution in [2.45, 2.75) is 143 Å². The Hall–Kier alpha value is -1.12. The lowest BCUT2D eigenvalue weighted by molar-refractivity contribution is -0.233. The van der Waals surface area contributed by atoms with Crippen LogP contribution in [0.2, 0.25) is 0 Å². The van der Waals surface area contributed by atoms with E-state index in [0.29, 0.717) is 36.9 Å². The topological polar surface area (TPSA) is 124 Å². The third kappa shape index (κ3) is 4.16. The van der Waals surface area contributed by atoms with Gasteiger partial charge in [-0.1, -0.05) is 60.1 Å². The van der Waals surface area contributed by atoms with E-state index in [1.165, 1.54) is 5.57 Å². The lowest BCUT2D eigenvalue weighted by atomic mass is 9.33. The second-order valence-corrected chi connectivity index (χ2v) is 17.6. The van der Waals surface area contributed by atoms with Gasteiger partial charge >= 0.3 is 0 Å². The molecule has 0 aromatic heterocycles. The second kappa shape index (κ2) is 9.94. The third-order valence-corrected chi connectivity index (χ3v) is 15.0. The van der Waals surface area contributed by atoms with Gasteiger partial charge in [-0.05, 0) is 97.2 Å². The van der Waals surface area contributed by atoms with Crippen molar-refractivity contribution in [3.63, 3.8) is 0 Å². The van der Waals surface area contributed by atoms with Crippen molar-refractivity contribution >= 4 is 11.6 Å². The van der Waals surface area contributed by atoms with Crippen molar-refractivity contribution < 1.29 is 34.8 Å². The third-order valence-electron chi connectivity index (χ3n) is 15.0. The maximum atomic E-state index is 14.7. The molecule has 5 fully saturated rings. The molecule has 43 heavy (non-hydrogen) atoms. The van der Waals surface area contributed by atoms with Gasteiger partial charge in [0, 0.05) is 17.3 Å². The minimum Gasteiger partial charge on any atom is -0.394 e. The number of hydrogen-bond donors (Lipinski definition) is 4. The predicted octanol–water partition coefficient (Wildman–Crippen LogP) is 4.77. The van der Waals surface area contributed by atoms with Crippen molar-refractivity contribution in [3.8, 4) is 0 Å². The van der Waals surface area contributed by atoms with E-state index < -0.39 is 42.5 Å². The van der Waals surface area contributed by atoms with Crippen LogP contribution in [0, 0.1) is 50.2 Å². The average Bonchev–Trinajstić information content (AvgIpc) is 2.94. The molecule has 4 N–H and O–H groups in total. The highest BCUT2D eigenvalue weighted by Crippen LogP contribution is 2.75. The highest BCUT2D eigenvalue weighted by molar-refractivity contribution is 5.91. The van der Waals surface area contributed by atoms with Crippen LogP contribution in [-0.4, -0.2) is 69.1 Å². The minimum atomic E-state index is -1.56. The van der Waals surface area contributed by atoms with Crippen molar-refractivity contribution in [1.82, 2.24) is 0 Å². The number of Topliss-reactive ketones (excluding diaryl/α,β-unsaturated/α-hetero) is 2. The van der Waals surface area contributed by atoms with Crippen molar-refractivity contribution in [2.24, 2.45) is 50.2 Å². The van der Waals surface area contributed by atoms with Gasteiger partial charge in [0.2, 0.25) is 0 Å². The van der Waals surface area contributed by atoms with Crippen LogP contribution in [0.4, 0.5) is 0 Å². The minimum absolute atomic E-state index is 0.00236. The molecular weight excluding hydrogens is 544 g/mol. The van der Waals surface area contributed by atoms with Gasteiger partial charge < -0.3 is 25.2 Å². The lowest BCUT2D eigenvalue weighted by Gasteiger charge is -2.71. The molecule has 7 nitrogen and oxygen atoms in total. The quantitative estimate of drug-likeness (QED) is 0.344. The number of aliphatic hydroxyl groups is 4. The summed E-state index contributed by atoms with van der Waals surface area (Å²) in [4.78, 5) is 27.8. The summed E-state index contributed by atoms with van der Waals surface area (Å²) in [6, 6.07) is 0. The van der Waals surface area contributed by atoms with Crippen LogP contribution >= 0.6 is 0 Å². The highest BCUT2D eigenvalue weighted by Gasteiger charge is 2.69. The molecule has 1 heterocycles. The first-order valence-corrected chi connectivity index (χ1v) is 17.0. The molecule has 0 spiro atoms. The molecule has 0 aromatic rings. The monoisotopic (exact) mass is 600 g/mol. The number of rotatable bonds is 3. The zero-order valence-electron chi connectivity index (χ0n) is 27.5. The van der Waals surface area contributed by atoms with Gasteiger partial charge in [0.25, 0.3) is 0 Å². The van der Waals surface area contributed by atoms with Crippen LogP contribution < -0.4 is 0 Å². The number of fused-ring (bicyclic) bond motifs is 7. The number of carbonyl (C=O) groups is 2. The number of allylic oxidation sites excluding steroid dienone is 2. The number of hydrogen-bond acceptors (Lipinski definition) is 7. The smallest absolute Gasteiger partial charge is 0.171 e. The fourth-order valence-electron chi connectivity index (χ4n) is 12.1. The van der Waals surface area contributed by atoms with Gasteiger partial charge in [-0.15, -0.1) is 0 Å². The molecule has 4 saturated carbocycles. The average molecular weight is 601 g/mol. The highest BCUT2D eigenvalue weighted by atomic mass is 16.5. The Morgan fingerprint density at radius 3 is 2.23 bits per heavy atom. The van der Waals surface area contributed by atoms with Crippen molar-refractivity contribution in [3.05, 3.63) is 11.6 Å². The van der Waals surface area contributed by atoms with Crippen LogP contribution in [0.3, 0.4) is 0 Å². The van der Waals surface area contributed by atoms with E-state index in [-0.39, 0.29) is 38.8 Å². The van der Waals surface area contributed by atoms with Crippen LogP contribution in [0.15, 0.2) is 11.6 Å². The van der Waals surface area contributed by atoms with Crippen molar-refractivity contribution in [2.75, 3.05) is 6.61 Å². The lowest BCUT2D eigenvalue weighted by Crippen LogP contribution is -2.67.